The lowest BCUT2D eigenvalue weighted by Crippen LogP contribution is -1.99. The molecule has 0 fully saturated rings. The van der Waals surface area contributed by atoms with Crippen molar-refractivity contribution in [1.82, 2.24) is 29.1 Å². The number of ether oxygens (including phenoxy) is 1. The average molecular weight is 322 g/mol. The Morgan fingerprint density at radius 3 is 2.92 bits per heavy atom. The fourth-order valence-corrected chi connectivity index (χ4v) is 2.52. The van der Waals surface area contributed by atoms with E-state index in [1.807, 2.05) is 24.4 Å². The van der Waals surface area contributed by atoms with E-state index in [1.165, 1.54) is 0 Å². The van der Waals surface area contributed by atoms with Crippen LogP contribution in [0.2, 0.25) is 0 Å². The number of rotatable bonds is 4. The Kier molecular flexibility index (Phi) is 3.43. The van der Waals surface area contributed by atoms with Crippen LogP contribution in [0.4, 0.5) is 0 Å². The molecule has 0 unspecified atom stereocenters. The van der Waals surface area contributed by atoms with Gasteiger partial charge in [0, 0.05) is 24.2 Å². The standard InChI is InChI=1S/C16H14N6O2/c1-24-16-12(3-2-5-17-16)13-7-19-22-6-4-14(20-15(13)22)21-8-11(9-23)18-10-21/h2-8,10,23H,9H2,1H3. The second-order valence-corrected chi connectivity index (χ2v) is 5.10. The summed E-state index contributed by atoms with van der Waals surface area (Å²) in [7, 11) is 1.58. The van der Waals surface area contributed by atoms with E-state index in [-0.39, 0.29) is 6.61 Å². The van der Waals surface area contributed by atoms with Gasteiger partial charge in [0.2, 0.25) is 5.88 Å². The summed E-state index contributed by atoms with van der Waals surface area (Å²) in [6.45, 7) is -0.111. The summed E-state index contributed by atoms with van der Waals surface area (Å²) in [6, 6.07) is 5.58. The second-order valence-electron chi connectivity index (χ2n) is 5.10. The molecule has 1 N–H and O–H groups in total. The molecular formula is C16H14N6O2. The first-order chi connectivity index (χ1) is 11.8. The lowest BCUT2D eigenvalue weighted by molar-refractivity contribution is 0.277. The van der Waals surface area contributed by atoms with Crippen LogP contribution in [0.1, 0.15) is 5.69 Å². The molecule has 0 bridgehead atoms. The first kappa shape index (κ1) is 14.3. The van der Waals surface area contributed by atoms with Crippen LogP contribution >= 0.6 is 0 Å². The number of aliphatic hydroxyl groups is 1. The van der Waals surface area contributed by atoms with Crippen LogP contribution in [0.15, 0.2) is 49.3 Å². The van der Waals surface area contributed by atoms with E-state index in [9.17, 15) is 0 Å². The highest BCUT2D eigenvalue weighted by molar-refractivity contribution is 5.80. The molecule has 0 aromatic carbocycles. The number of imidazole rings is 1. The van der Waals surface area contributed by atoms with Crippen molar-refractivity contribution in [1.29, 1.82) is 0 Å². The van der Waals surface area contributed by atoms with Gasteiger partial charge in [-0.1, -0.05) is 0 Å². The second kappa shape index (κ2) is 5.74. The van der Waals surface area contributed by atoms with Crippen molar-refractivity contribution in [3.05, 3.63) is 55.0 Å². The molecule has 0 amide bonds. The third-order valence-corrected chi connectivity index (χ3v) is 3.67. The molecular weight excluding hydrogens is 308 g/mol. The summed E-state index contributed by atoms with van der Waals surface area (Å²) in [6.07, 6.45) is 8.58. The van der Waals surface area contributed by atoms with Gasteiger partial charge in [-0.2, -0.15) is 5.10 Å². The van der Waals surface area contributed by atoms with Crippen molar-refractivity contribution >= 4 is 5.65 Å². The largest absolute Gasteiger partial charge is 0.481 e. The molecule has 4 aromatic rings. The Morgan fingerprint density at radius 2 is 2.12 bits per heavy atom. The molecule has 8 heteroatoms. The first-order valence-electron chi connectivity index (χ1n) is 7.28. The summed E-state index contributed by atoms with van der Waals surface area (Å²) >= 11 is 0. The summed E-state index contributed by atoms with van der Waals surface area (Å²) in [4.78, 5) is 13.0. The van der Waals surface area contributed by atoms with Gasteiger partial charge in [0.05, 0.1) is 31.2 Å². The van der Waals surface area contributed by atoms with Crippen LogP contribution in [0, 0.1) is 0 Å². The number of pyridine rings is 1. The Bertz CT molecular complexity index is 1010. The predicted molar refractivity (Wildman–Crippen MR) is 85.8 cm³/mol. The van der Waals surface area contributed by atoms with Crippen LogP contribution in [0.3, 0.4) is 0 Å². The van der Waals surface area contributed by atoms with E-state index in [0.717, 1.165) is 11.1 Å². The molecule has 0 radical (unpaired) electrons. The maximum Gasteiger partial charge on any atom is 0.221 e. The minimum absolute atomic E-state index is 0.111. The van der Waals surface area contributed by atoms with Crippen LogP contribution in [0.25, 0.3) is 22.6 Å². The number of hydrogen-bond donors (Lipinski definition) is 1. The molecule has 4 rings (SSSR count). The van der Waals surface area contributed by atoms with E-state index in [0.29, 0.717) is 23.0 Å². The molecule has 0 atom stereocenters. The van der Waals surface area contributed by atoms with Gasteiger partial charge in [0.25, 0.3) is 0 Å². The molecule has 0 spiro atoms. The van der Waals surface area contributed by atoms with E-state index < -0.39 is 0 Å². The van der Waals surface area contributed by atoms with Crippen LogP contribution in [-0.4, -0.2) is 41.3 Å². The van der Waals surface area contributed by atoms with Crippen molar-refractivity contribution in [3.63, 3.8) is 0 Å². The molecule has 0 aliphatic heterocycles. The van der Waals surface area contributed by atoms with Gasteiger partial charge in [0.15, 0.2) is 5.65 Å². The average Bonchev–Trinajstić information content (AvgIpc) is 3.28. The summed E-state index contributed by atoms with van der Waals surface area (Å²) in [5, 5.41) is 13.5. The zero-order chi connectivity index (χ0) is 16.5. The van der Waals surface area contributed by atoms with Gasteiger partial charge in [-0.15, -0.1) is 0 Å². The van der Waals surface area contributed by atoms with Gasteiger partial charge in [-0.05, 0) is 18.2 Å². The predicted octanol–water partition coefficient (Wildman–Crippen LogP) is 1.48. The van der Waals surface area contributed by atoms with Crippen molar-refractivity contribution in [3.8, 4) is 22.8 Å². The lowest BCUT2D eigenvalue weighted by Gasteiger charge is -2.06. The SMILES string of the molecule is COc1ncccc1-c1cnn2ccc(-n3cnc(CO)c3)nc12. The summed E-state index contributed by atoms with van der Waals surface area (Å²) < 4.78 is 8.77. The Morgan fingerprint density at radius 1 is 1.21 bits per heavy atom. The molecule has 4 heterocycles. The lowest BCUT2D eigenvalue weighted by atomic mass is 10.1. The van der Waals surface area contributed by atoms with Gasteiger partial charge in [-0.25, -0.2) is 19.5 Å². The fourth-order valence-electron chi connectivity index (χ4n) is 2.52. The minimum Gasteiger partial charge on any atom is -0.481 e. The molecule has 8 nitrogen and oxygen atoms in total. The topological polar surface area (TPSA) is 90.4 Å². The Labute approximate surface area is 137 Å². The quantitative estimate of drug-likeness (QED) is 0.612. The maximum absolute atomic E-state index is 9.16. The van der Waals surface area contributed by atoms with Crippen molar-refractivity contribution in [2.75, 3.05) is 7.11 Å². The van der Waals surface area contributed by atoms with E-state index in [1.54, 1.807) is 41.1 Å². The molecule has 0 saturated heterocycles. The van der Waals surface area contributed by atoms with Crippen LogP contribution < -0.4 is 4.74 Å². The summed E-state index contributed by atoms with van der Waals surface area (Å²) in [5.74, 6) is 1.20. The monoisotopic (exact) mass is 322 g/mol. The normalized spacial score (nSPS) is 11.1. The van der Waals surface area contributed by atoms with Crippen molar-refractivity contribution < 1.29 is 9.84 Å². The molecule has 0 aliphatic rings. The molecule has 0 saturated carbocycles. The van der Waals surface area contributed by atoms with E-state index in [4.69, 9.17) is 9.84 Å². The Balaban J connectivity index is 1.87. The van der Waals surface area contributed by atoms with Gasteiger partial charge < -0.3 is 9.84 Å². The third kappa shape index (κ3) is 2.29. The van der Waals surface area contributed by atoms with Gasteiger partial charge in [0.1, 0.15) is 12.1 Å². The van der Waals surface area contributed by atoms with Crippen molar-refractivity contribution in [2.45, 2.75) is 6.61 Å². The van der Waals surface area contributed by atoms with Gasteiger partial charge >= 0.3 is 0 Å². The highest BCUT2D eigenvalue weighted by Gasteiger charge is 2.14. The molecule has 4 aromatic heterocycles. The first-order valence-corrected chi connectivity index (χ1v) is 7.28. The van der Waals surface area contributed by atoms with Crippen LogP contribution in [-0.2, 0) is 6.61 Å². The zero-order valence-corrected chi connectivity index (χ0v) is 12.9. The van der Waals surface area contributed by atoms with E-state index >= 15 is 0 Å². The number of methoxy groups -OCH3 is 1. The number of aromatic nitrogens is 6. The third-order valence-electron chi connectivity index (χ3n) is 3.67. The fraction of sp³-hybridized carbons (Fsp3) is 0.125. The number of hydrogen-bond acceptors (Lipinski definition) is 6. The molecule has 120 valence electrons. The number of nitrogens with zero attached hydrogens (tertiary/aromatic N) is 6. The summed E-state index contributed by atoms with van der Waals surface area (Å²) in [5.41, 5.74) is 2.91. The smallest absolute Gasteiger partial charge is 0.221 e. The van der Waals surface area contributed by atoms with Crippen LogP contribution in [0.5, 0.6) is 5.88 Å². The highest BCUT2D eigenvalue weighted by atomic mass is 16.5. The highest BCUT2D eigenvalue weighted by Crippen LogP contribution is 2.30. The maximum atomic E-state index is 9.16. The Hall–Kier alpha value is -3.26. The number of fused-ring (bicyclic) bond motifs is 1. The molecule has 24 heavy (non-hydrogen) atoms. The minimum atomic E-state index is -0.111. The zero-order valence-electron chi connectivity index (χ0n) is 12.9. The van der Waals surface area contributed by atoms with E-state index in [2.05, 4.69) is 20.1 Å². The number of aliphatic hydroxyl groups excluding tert-OH is 1. The van der Waals surface area contributed by atoms with Gasteiger partial charge in [-0.3, -0.25) is 4.57 Å². The van der Waals surface area contributed by atoms with Crippen molar-refractivity contribution in [2.24, 2.45) is 0 Å². The molecule has 0 aliphatic carbocycles.